The van der Waals surface area contributed by atoms with Gasteiger partial charge < -0.3 is 14.8 Å². The topological polar surface area (TPSA) is 64.6 Å². The van der Waals surface area contributed by atoms with Crippen molar-refractivity contribution in [1.82, 2.24) is 0 Å². The zero-order valence-electron chi connectivity index (χ0n) is 14.7. The second-order valence-electron chi connectivity index (χ2n) is 5.78. The summed E-state index contributed by atoms with van der Waals surface area (Å²) in [5.74, 6) is -0.225. The molecular weight excluding hydrogens is 318 g/mol. The van der Waals surface area contributed by atoms with E-state index in [0.29, 0.717) is 23.6 Å². The fourth-order valence-corrected chi connectivity index (χ4v) is 2.07. The fraction of sp³-hybridized carbons (Fsp3) is 0.300. The number of rotatable bonds is 7. The van der Waals surface area contributed by atoms with Crippen molar-refractivity contribution in [3.8, 4) is 5.75 Å². The number of ether oxygens (including phenoxy) is 2. The highest BCUT2D eigenvalue weighted by Crippen LogP contribution is 2.14. The number of anilines is 1. The summed E-state index contributed by atoms with van der Waals surface area (Å²) in [5, 5.41) is 2.72. The second kappa shape index (κ2) is 8.87. The number of aryl methyl sites for hydroxylation is 1. The predicted molar refractivity (Wildman–Crippen MR) is 96.9 cm³/mol. The molecule has 0 fully saturated rings. The van der Waals surface area contributed by atoms with Crippen LogP contribution < -0.4 is 10.1 Å². The molecule has 0 radical (unpaired) electrons. The van der Waals surface area contributed by atoms with Crippen LogP contribution in [0.4, 0.5) is 5.69 Å². The second-order valence-corrected chi connectivity index (χ2v) is 5.78. The zero-order valence-corrected chi connectivity index (χ0v) is 14.7. The van der Waals surface area contributed by atoms with E-state index in [4.69, 9.17) is 9.47 Å². The highest BCUT2D eigenvalue weighted by Gasteiger charge is 2.19. The summed E-state index contributed by atoms with van der Waals surface area (Å²) in [6, 6.07) is 14.1. The molecule has 0 aromatic heterocycles. The molecule has 0 saturated carbocycles. The quantitative estimate of drug-likeness (QED) is 0.774. The average molecular weight is 341 g/mol. The number of amides is 1. The van der Waals surface area contributed by atoms with Crippen LogP contribution in [0.5, 0.6) is 5.75 Å². The van der Waals surface area contributed by atoms with E-state index in [1.165, 1.54) is 0 Å². The number of benzene rings is 2. The Hall–Kier alpha value is -2.82. The average Bonchev–Trinajstić information content (AvgIpc) is 2.62. The Morgan fingerprint density at radius 1 is 1.04 bits per heavy atom. The van der Waals surface area contributed by atoms with Gasteiger partial charge in [0.05, 0.1) is 12.2 Å². The summed E-state index contributed by atoms with van der Waals surface area (Å²) in [7, 11) is 0. The van der Waals surface area contributed by atoms with Crippen molar-refractivity contribution in [3.05, 3.63) is 59.7 Å². The van der Waals surface area contributed by atoms with Crippen LogP contribution in [0.1, 0.15) is 36.2 Å². The van der Waals surface area contributed by atoms with Gasteiger partial charge in [-0.15, -0.1) is 0 Å². The minimum atomic E-state index is -0.898. The Morgan fingerprint density at radius 3 is 2.28 bits per heavy atom. The van der Waals surface area contributed by atoms with E-state index in [1.807, 2.05) is 26.0 Å². The molecule has 0 unspecified atom stereocenters. The minimum absolute atomic E-state index is 0.374. The number of esters is 1. The number of carbonyl (C=O) groups excluding carboxylic acids is 2. The molecule has 0 bridgehead atoms. The van der Waals surface area contributed by atoms with E-state index >= 15 is 0 Å². The normalized spacial score (nSPS) is 11.5. The largest absolute Gasteiger partial charge is 0.494 e. The molecule has 0 spiro atoms. The van der Waals surface area contributed by atoms with Crippen LogP contribution in [-0.2, 0) is 9.53 Å². The lowest BCUT2D eigenvalue weighted by Crippen LogP contribution is -2.30. The Morgan fingerprint density at radius 2 is 1.68 bits per heavy atom. The van der Waals surface area contributed by atoms with Crippen LogP contribution in [0.15, 0.2) is 48.5 Å². The Bertz CT molecular complexity index is 707. The molecule has 5 heteroatoms. The molecule has 1 atom stereocenters. The first-order valence-corrected chi connectivity index (χ1v) is 8.31. The molecule has 0 aliphatic rings. The molecule has 1 amide bonds. The summed E-state index contributed by atoms with van der Waals surface area (Å²) in [5.41, 5.74) is 2.14. The summed E-state index contributed by atoms with van der Waals surface area (Å²) in [6.07, 6.45) is 0.0158. The molecule has 0 heterocycles. The molecule has 0 saturated heterocycles. The minimum Gasteiger partial charge on any atom is -0.494 e. The SMILES string of the molecule is CCCOc1ccc(C(=O)O[C@H](C)C(=O)Nc2ccc(C)cc2)cc1. The van der Waals surface area contributed by atoms with Crippen LogP contribution in [0.25, 0.3) is 0 Å². The number of hydrogen-bond acceptors (Lipinski definition) is 4. The molecular formula is C20H23NO4. The molecule has 132 valence electrons. The van der Waals surface area contributed by atoms with Gasteiger partial charge in [0.1, 0.15) is 5.75 Å². The summed E-state index contributed by atoms with van der Waals surface area (Å²) < 4.78 is 10.7. The predicted octanol–water partition coefficient (Wildman–Crippen LogP) is 3.97. The highest BCUT2D eigenvalue weighted by molar-refractivity contribution is 5.97. The van der Waals surface area contributed by atoms with Gasteiger partial charge in [-0.3, -0.25) is 4.79 Å². The van der Waals surface area contributed by atoms with Gasteiger partial charge in [0, 0.05) is 5.69 Å². The third-order valence-corrected chi connectivity index (χ3v) is 3.54. The van der Waals surface area contributed by atoms with Crippen LogP contribution in [0.3, 0.4) is 0 Å². The highest BCUT2D eigenvalue weighted by atomic mass is 16.5. The van der Waals surface area contributed by atoms with Crippen LogP contribution in [0, 0.1) is 6.92 Å². The lowest BCUT2D eigenvalue weighted by Gasteiger charge is -2.14. The number of nitrogens with one attached hydrogen (secondary N) is 1. The van der Waals surface area contributed by atoms with Crippen molar-refractivity contribution in [2.75, 3.05) is 11.9 Å². The summed E-state index contributed by atoms with van der Waals surface area (Å²) in [4.78, 5) is 24.3. The molecule has 0 aliphatic heterocycles. The standard InChI is InChI=1S/C20H23NO4/c1-4-13-24-18-11-7-16(8-12-18)20(23)25-15(3)19(22)21-17-9-5-14(2)6-10-17/h5-12,15H,4,13H2,1-3H3,(H,21,22)/t15-/m1/s1. The maximum absolute atomic E-state index is 12.1. The summed E-state index contributed by atoms with van der Waals surface area (Å²) >= 11 is 0. The molecule has 5 nitrogen and oxygen atoms in total. The Labute approximate surface area is 148 Å². The number of hydrogen-bond donors (Lipinski definition) is 1. The lowest BCUT2D eigenvalue weighted by atomic mass is 10.2. The lowest BCUT2D eigenvalue weighted by molar-refractivity contribution is -0.123. The Kier molecular flexibility index (Phi) is 6.57. The van der Waals surface area contributed by atoms with E-state index in [-0.39, 0.29) is 5.91 Å². The van der Waals surface area contributed by atoms with Gasteiger partial charge in [0.2, 0.25) is 0 Å². The van der Waals surface area contributed by atoms with Crippen molar-refractivity contribution in [1.29, 1.82) is 0 Å². The van der Waals surface area contributed by atoms with E-state index in [1.54, 1.807) is 43.3 Å². The molecule has 2 aromatic rings. The molecule has 25 heavy (non-hydrogen) atoms. The van der Waals surface area contributed by atoms with Gasteiger partial charge in [0.15, 0.2) is 6.10 Å². The van der Waals surface area contributed by atoms with E-state index in [2.05, 4.69) is 5.32 Å². The third kappa shape index (κ3) is 5.64. The molecule has 2 rings (SSSR count). The van der Waals surface area contributed by atoms with Crippen molar-refractivity contribution < 1.29 is 19.1 Å². The van der Waals surface area contributed by atoms with Crippen LogP contribution >= 0.6 is 0 Å². The first kappa shape index (κ1) is 18.5. The Balaban J connectivity index is 1.90. The van der Waals surface area contributed by atoms with Gasteiger partial charge in [-0.05, 0) is 56.7 Å². The summed E-state index contributed by atoms with van der Waals surface area (Å²) in [6.45, 7) is 6.16. The maximum atomic E-state index is 12.1. The molecule has 0 aliphatic carbocycles. The molecule has 1 N–H and O–H groups in total. The van der Waals surface area contributed by atoms with Gasteiger partial charge in [-0.1, -0.05) is 24.6 Å². The zero-order chi connectivity index (χ0) is 18.2. The third-order valence-electron chi connectivity index (χ3n) is 3.54. The van der Waals surface area contributed by atoms with Crippen molar-refractivity contribution in [2.24, 2.45) is 0 Å². The van der Waals surface area contributed by atoms with E-state index < -0.39 is 12.1 Å². The first-order valence-electron chi connectivity index (χ1n) is 8.31. The van der Waals surface area contributed by atoms with E-state index in [9.17, 15) is 9.59 Å². The van der Waals surface area contributed by atoms with Crippen molar-refractivity contribution >= 4 is 17.6 Å². The first-order chi connectivity index (χ1) is 12.0. The van der Waals surface area contributed by atoms with Gasteiger partial charge in [-0.25, -0.2) is 4.79 Å². The van der Waals surface area contributed by atoms with Gasteiger partial charge >= 0.3 is 5.97 Å². The van der Waals surface area contributed by atoms with Crippen molar-refractivity contribution in [3.63, 3.8) is 0 Å². The van der Waals surface area contributed by atoms with Gasteiger partial charge in [-0.2, -0.15) is 0 Å². The van der Waals surface area contributed by atoms with Crippen LogP contribution in [0.2, 0.25) is 0 Å². The maximum Gasteiger partial charge on any atom is 0.338 e. The smallest absolute Gasteiger partial charge is 0.338 e. The van der Waals surface area contributed by atoms with E-state index in [0.717, 1.165) is 12.0 Å². The van der Waals surface area contributed by atoms with Crippen LogP contribution in [-0.4, -0.2) is 24.6 Å². The monoisotopic (exact) mass is 341 g/mol. The van der Waals surface area contributed by atoms with Gasteiger partial charge in [0.25, 0.3) is 5.91 Å². The fourth-order valence-electron chi connectivity index (χ4n) is 2.07. The molecule has 2 aromatic carbocycles. The van der Waals surface area contributed by atoms with Crippen molar-refractivity contribution in [2.45, 2.75) is 33.3 Å². The number of carbonyl (C=O) groups is 2.